The van der Waals surface area contributed by atoms with Crippen molar-refractivity contribution in [2.24, 2.45) is 10.1 Å². The van der Waals surface area contributed by atoms with Crippen molar-refractivity contribution in [2.75, 3.05) is 0 Å². The minimum atomic E-state index is -4.70. The highest BCUT2D eigenvalue weighted by Gasteiger charge is 2.27. The number of rotatable bonds is 7. The molecular weight excluding hydrogens is 531 g/mol. The van der Waals surface area contributed by atoms with Gasteiger partial charge in [0.25, 0.3) is 10.0 Å². The van der Waals surface area contributed by atoms with E-state index in [0.717, 1.165) is 29.5 Å². The van der Waals surface area contributed by atoms with Gasteiger partial charge in [-0.05, 0) is 49.4 Å². The van der Waals surface area contributed by atoms with Crippen molar-refractivity contribution in [3.05, 3.63) is 81.0 Å². The summed E-state index contributed by atoms with van der Waals surface area (Å²) in [7, 11) is -4.70. The number of allylic oxidation sites excluding steroid dienone is 1. The van der Waals surface area contributed by atoms with Gasteiger partial charge in [-0.3, -0.25) is 4.79 Å². The number of H-pyrrole nitrogens is 1. The van der Waals surface area contributed by atoms with Crippen LogP contribution in [-0.4, -0.2) is 46.3 Å². The predicted molar refractivity (Wildman–Crippen MR) is 136 cm³/mol. The number of halogens is 2. The molecule has 1 atom stereocenters. The van der Waals surface area contributed by atoms with Crippen molar-refractivity contribution >= 4 is 66.9 Å². The van der Waals surface area contributed by atoms with Gasteiger partial charge in [-0.1, -0.05) is 23.7 Å². The van der Waals surface area contributed by atoms with E-state index in [4.69, 9.17) is 17.3 Å². The maximum Gasteiger partial charge on any atom is 0.286 e. The number of Topliss-reactive ketones (excluding diaryl/α,β-unsaturated/α-hetero) is 1. The number of aliphatic hydroxyl groups excluding tert-OH is 2. The summed E-state index contributed by atoms with van der Waals surface area (Å²) in [5, 5.41) is 20.7. The molecular formula is C23H18ClFN4O5S2. The van der Waals surface area contributed by atoms with E-state index in [2.05, 4.69) is 14.4 Å². The van der Waals surface area contributed by atoms with Gasteiger partial charge in [-0.25, -0.2) is 9.37 Å². The molecule has 0 unspecified atom stereocenters. The van der Waals surface area contributed by atoms with E-state index < -0.39 is 44.2 Å². The highest BCUT2D eigenvalue weighted by Crippen LogP contribution is 2.33. The molecule has 0 aliphatic rings. The minimum absolute atomic E-state index is 0.00771. The maximum absolute atomic E-state index is 14.5. The van der Waals surface area contributed by atoms with Gasteiger partial charge in [0.1, 0.15) is 39.8 Å². The first-order chi connectivity index (χ1) is 17.0. The number of imidazole rings is 1. The van der Waals surface area contributed by atoms with Gasteiger partial charge in [0, 0.05) is 5.56 Å². The van der Waals surface area contributed by atoms with Gasteiger partial charge >= 0.3 is 0 Å². The zero-order valence-electron chi connectivity index (χ0n) is 18.4. The molecule has 0 saturated carbocycles. The Morgan fingerprint density at radius 3 is 2.58 bits per heavy atom. The molecule has 36 heavy (non-hydrogen) atoms. The molecule has 0 saturated heterocycles. The molecule has 0 aliphatic heterocycles. The number of nitrogens with zero attached hydrogens (tertiary/aromatic N) is 2. The van der Waals surface area contributed by atoms with E-state index in [1.807, 2.05) is 0 Å². The zero-order valence-corrected chi connectivity index (χ0v) is 20.8. The molecule has 5 N–H and O–H groups in total. The molecule has 0 spiro atoms. The summed E-state index contributed by atoms with van der Waals surface area (Å²) >= 11 is 6.96. The van der Waals surface area contributed by atoms with Gasteiger partial charge in [0.2, 0.25) is 5.78 Å². The third-order valence-electron chi connectivity index (χ3n) is 5.02. The number of thiophene rings is 1. The monoisotopic (exact) mass is 548 g/mol. The molecule has 4 aromatic rings. The first kappa shape index (κ1) is 25.5. The van der Waals surface area contributed by atoms with Crippen molar-refractivity contribution < 1.29 is 27.8 Å². The fourth-order valence-corrected chi connectivity index (χ4v) is 5.32. The second-order valence-corrected chi connectivity index (χ2v) is 10.9. The van der Waals surface area contributed by atoms with Crippen LogP contribution in [0.3, 0.4) is 0 Å². The molecule has 2 aromatic carbocycles. The molecule has 0 bridgehead atoms. The molecule has 4 rings (SSSR count). The Balaban J connectivity index is 1.93. The van der Waals surface area contributed by atoms with Crippen LogP contribution in [0, 0.1) is 5.82 Å². The molecule has 186 valence electrons. The van der Waals surface area contributed by atoms with E-state index in [1.54, 1.807) is 24.3 Å². The van der Waals surface area contributed by atoms with E-state index in [9.17, 15) is 27.8 Å². The van der Waals surface area contributed by atoms with Crippen molar-refractivity contribution in [3.63, 3.8) is 0 Å². The van der Waals surface area contributed by atoms with E-state index >= 15 is 0 Å². The highest BCUT2D eigenvalue weighted by atomic mass is 35.5. The first-order valence-corrected chi connectivity index (χ1v) is 12.9. The standard InChI is InChI=1S/C23H18ClFN4O5S2/c1-11(30)22(26)29-36(33,34)17-10-12(6-7-13(17)25)20(31)19(21(32)16-8-9-18(24)35-16)23-27-14-4-2-3-5-15(14)28-23/h2-11,30-31H,1H3,(H2,26,29)(H,27,28)/b20-19+/t11-/m1/s1. The van der Waals surface area contributed by atoms with Crippen molar-refractivity contribution in [1.29, 1.82) is 0 Å². The van der Waals surface area contributed by atoms with Crippen LogP contribution in [-0.2, 0) is 10.0 Å². The van der Waals surface area contributed by atoms with Crippen LogP contribution in [0.5, 0.6) is 0 Å². The normalized spacial score (nSPS) is 14.1. The van der Waals surface area contributed by atoms with Crippen LogP contribution in [0.4, 0.5) is 4.39 Å². The quantitative estimate of drug-likeness (QED) is 0.0887. The van der Waals surface area contributed by atoms with E-state index in [0.29, 0.717) is 15.4 Å². The Morgan fingerprint density at radius 1 is 1.22 bits per heavy atom. The third-order valence-corrected chi connectivity index (χ3v) is 7.57. The number of sulfonamides is 1. The van der Waals surface area contributed by atoms with Gasteiger partial charge in [0.15, 0.2) is 0 Å². The van der Waals surface area contributed by atoms with Crippen LogP contribution in [0.1, 0.15) is 28.0 Å². The molecule has 9 nitrogen and oxygen atoms in total. The van der Waals surface area contributed by atoms with Crippen LogP contribution in [0.15, 0.2) is 63.9 Å². The maximum atomic E-state index is 14.5. The summed E-state index contributed by atoms with van der Waals surface area (Å²) in [5.74, 6) is -3.11. The largest absolute Gasteiger partial charge is 0.506 e. The number of nitrogens with one attached hydrogen (secondary N) is 1. The number of fused-ring (bicyclic) bond motifs is 1. The number of hydrogen-bond acceptors (Lipinski definition) is 7. The Kier molecular flexibility index (Phi) is 6.96. The lowest BCUT2D eigenvalue weighted by Gasteiger charge is -2.10. The van der Waals surface area contributed by atoms with Crippen molar-refractivity contribution in [3.8, 4) is 0 Å². The van der Waals surface area contributed by atoms with Gasteiger partial charge in [0.05, 0.1) is 20.2 Å². The lowest BCUT2D eigenvalue weighted by Crippen LogP contribution is -2.27. The fraction of sp³-hybridized carbons (Fsp3) is 0.0870. The summed E-state index contributed by atoms with van der Waals surface area (Å²) in [5.41, 5.74) is 6.04. The predicted octanol–water partition coefficient (Wildman–Crippen LogP) is 4.15. The van der Waals surface area contributed by atoms with Crippen LogP contribution in [0.25, 0.3) is 22.4 Å². The summed E-state index contributed by atoms with van der Waals surface area (Å²) in [6, 6.07) is 12.6. The SMILES string of the molecule is C[C@@H](O)/C(N)=N/S(=O)(=O)c1cc(/C(O)=C(/C(=O)c2ccc(Cl)s2)c2nc3ccccc3[nH]2)ccc1F. The molecule has 0 amide bonds. The number of aliphatic hydroxyl groups is 2. The number of benzene rings is 2. The molecule has 2 aromatic heterocycles. The summed E-state index contributed by atoms with van der Waals surface area (Å²) in [4.78, 5) is 20.1. The average molecular weight is 549 g/mol. The Labute approximate surface area is 213 Å². The van der Waals surface area contributed by atoms with Crippen LogP contribution in [0.2, 0.25) is 4.34 Å². The number of carbonyl (C=O) groups is 1. The topological polar surface area (TPSA) is 159 Å². The van der Waals surface area contributed by atoms with Crippen molar-refractivity contribution in [1.82, 2.24) is 9.97 Å². The third kappa shape index (κ3) is 5.02. The van der Waals surface area contributed by atoms with E-state index in [1.165, 1.54) is 19.1 Å². The van der Waals surface area contributed by atoms with Gasteiger partial charge in [-0.2, -0.15) is 8.42 Å². The average Bonchev–Trinajstić information content (AvgIpc) is 3.45. The Bertz CT molecular complexity index is 1620. The minimum Gasteiger partial charge on any atom is -0.506 e. The summed E-state index contributed by atoms with van der Waals surface area (Å²) in [6.07, 6.45) is -1.39. The lowest BCUT2D eigenvalue weighted by molar-refractivity contribution is 0.105. The Morgan fingerprint density at radius 2 is 1.94 bits per heavy atom. The van der Waals surface area contributed by atoms with Crippen molar-refractivity contribution in [2.45, 2.75) is 17.9 Å². The number of ketones is 1. The number of carbonyl (C=O) groups excluding carboxylic acids is 1. The number of aromatic nitrogens is 2. The molecule has 2 heterocycles. The highest BCUT2D eigenvalue weighted by molar-refractivity contribution is 7.90. The molecule has 13 heteroatoms. The first-order valence-electron chi connectivity index (χ1n) is 10.2. The number of para-hydroxylation sites is 2. The number of nitrogens with two attached hydrogens (primary N) is 1. The second-order valence-electron chi connectivity index (χ2n) is 7.57. The molecule has 0 aliphatic carbocycles. The molecule has 0 radical (unpaired) electrons. The zero-order chi connectivity index (χ0) is 26.2. The second kappa shape index (κ2) is 9.82. The fourth-order valence-electron chi connectivity index (χ4n) is 3.21. The van der Waals surface area contributed by atoms with Crippen LogP contribution >= 0.6 is 22.9 Å². The number of aromatic amines is 1. The van der Waals surface area contributed by atoms with Crippen LogP contribution < -0.4 is 5.73 Å². The lowest BCUT2D eigenvalue weighted by atomic mass is 10.0. The Hall–Kier alpha value is -3.58. The smallest absolute Gasteiger partial charge is 0.286 e. The van der Waals surface area contributed by atoms with Gasteiger partial charge < -0.3 is 20.9 Å². The number of amidine groups is 1. The summed E-state index contributed by atoms with van der Waals surface area (Å²) < 4.78 is 43.4. The van der Waals surface area contributed by atoms with E-state index in [-0.39, 0.29) is 21.8 Å². The molecule has 0 fully saturated rings. The van der Waals surface area contributed by atoms with Gasteiger partial charge in [-0.15, -0.1) is 15.7 Å². The number of hydrogen-bond donors (Lipinski definition) is 4. The summed E-state index contributed by atoms with van der Waals surface area (Å²) in [6.45, 7) is 1.19.